The van der Waals surface area contributed by atoms with Gasteiger partial charge in [0.15, 0.2) is 0 Å². The number of hydrogen-bond acceptors (Lipinski definition) is 3. The number of ether oxygens (including phenoxy) is 1. The highest BCUT2D eigenvalue weighted by Gasteiger charge is 2.32. The largest absolute Gasteiger partial charge is 0.497 e. The number of halogens is 2. The fraction of sp³-hybridized carbons (Fsp3) is 0.136. The van der Waals surface area contributed by atoms with Crippen molar-refractivity contribution in [3.8, 4) is 5.75 Å². The Balaban J connectivity index is 1.77. The molecule has 1 atom stereocenters. The van der Waals surface area contributed by atoms with Crippen LogP contribution in [-0.4, -0.2) is 12.8 Å². The zero-order chi connectivity index (χ0) is 18.8. The number of anilines is 1. The second-order valence-electron chi connectivity index (χ2n) is 6.31. The molecule has 4 rings (SSSR count). The lowest BCUT2D eigenvalue weighted by atomic mass is 9.97. The Morgan fingerprint density at radius 1 is 1.00 bits per heavy atom. The molecule has 0 bridgehead atoms. The zero-order valence-corrected chi connectivity index (χ0v) is 15.5. The lowest BCUT2D eigenvalue weighted by molar-refractivity contribution is 0.415. The first-order valence-corrected chi connectivity index (χ1v) is 9.05. The van der Waals surface area contributed by atoms with Crippen LogP contribution in [0.2, 0.25) is 5.02 Å². The number of hydrogen-bond donors (Lipinski definition) is 0. The number of hydrazone groups is 1. The third-order valence-corrected chi connectivity index (χ3v) is 5.02. The van der Waals surface area contributed by atoms with Gasteiger partial charge >= 0.3 is 0 Å². The summed E-state index contributed by atoms with van der Waals surface area (Å²) in [6, 6.07) is 21.8. The van der Waals surface area contributed by atoms with Crippen molar-refractivity contribution >= 4 is 23.0 Å². The molecule has 3 aromatic carbocycles. The number of nitrogens with zero attached hydrogens (tertiary/aromatic N) is 2. The van der Waals surface area contributed by atoms with E-state index >= 15 is 0 Å². The van der Waals surface area contributed by atoms with Crippen molar-refractivity contribution in [2.24, 2.45) is 5.10 Å². The molecule has 1 heterocycles. The summed E-state index contributed by atoms with van der Waals surface area (Å²) in [7, 11) is 1.63. The van der Waals surface area contributed by atoms with E-state index < -0.39 is 0 Å². The van der Waals surface area contributed by atoms with Crippen LogP contribution in [0.1, 0.15) is 23.6 Å². The van der Waals surface area contributed by atoms with Gasteiger partial charge in [-0.15, -0.1) is 0 Å². The summed E-state index contributed by atoms with van der Waals surface area (Å²) in [5.41, 5.74) is 3.22. The van der Waals surface area contributed by atoms with Crippen LogP contribution in [0.3, 0.4) is 0 Å². The van der Waals surface area contributed by atoms with E-state index in [9.17, 15) is 4.39 Å². The van der Waals surface area contributed by atoms with Crippen molar-refractivity contribution in [2.75, 3.05) is 12.1 Å². The van der Waals surface area contributed by atoms with Gasteiger partial charge in [-0.1, -0.05) is 41.9 Å². The molecule has 0 saturated carbocycles. The first-order chi connectivity index (χ1) is 13.2. The van der Waals surface area contributed by atoms with Gasteiger partial charge in [-0.2, -0.15) is 5.10 Å². The molecule has 0 unspecified atom stereocenters. The van der Waals surface area contributed by atoms with Crippen molar-refractivity contribution in [1.29, 1.82) is 0 Å². The van der Waals surface area contributed by atoms with Gasteiger partial charge in [0, 0.05) is 12.0 Å². The van der Waals surface area contributed by atoms with Crippen LogP contribution in [0.25, 0.3) is 0 Å². The summed E-state index contributed by atoms with van der Waals surface area (Å²) in [6.07, 6.45) is 0.582. The van der Waals surface area contributed by atoms with Crippen LogP contribution in [-0.2, 0) is 0 Å². The molecule has 0 saturated heterocycles. The molecule has 0 spiro atoms. The molecule has 1 aliphatic rings. The molecule has 3 nitrogen and oxygen atoms in total. The van der Waals surface area contributed by atoms with E-state index in [0.717, 1.165) is 22.7 Å². The van der Waals surface area contributed by atoms with E-state index in [2.05, 4.69) is 0 Å². The van der Waals surface area contributed by atoms with Crippen LogP contribution >= 0.6 is 11.6 Å². The van der Waals surface area contributed by atoms with Crippen LogP contribution in [0.15, 0.2) is 77.9 Å². The molecule has 5 heteroatoms. The van der Waals surface area contributed by atoms with E-state index in [0.29, 0.717) is 17.0 Å². The Morgan fingerprint density at radius 3 is 2.41 bits per heavy atom. The third-order valence-electron chi connectivity index (χ3n) is 4.70. The molecule has 0 amide bonds. The van der Waals surface area contributed by atoms with Gasteiger partial charge in [0.25, 0.3) is 0 Å². The van der Waals surface area contributed by atoms with Gasteiger partial charge in [0.1, 0.15) is 11.6 Å². The van der Waals surface area contributed by atoms with Gasteiger partial charge < -0.3 is 4.74 Å². The first-order valence-electron chi connectivity index (χ1n) is 8.67. The van der Waals surface area contributed by atoms with E-state index in [1.165, 1.54) is 6.07 Å². The molecule has 1 aliphatic heterocycles. The Kier molecular flexibility index (Phi) is 4.82. The summed E-state index contributed by atoms with van der Waals surface area (Å²) >= 11 is 6.41. The minimum atomic E-state index is -0.261. The molecular formula is C22H18ClFN2O. The smallest absolute Gasteiger partial charge is 0.128 e. The molecule has 0 aliphatic carbocycles. The summed E-state index contributed by atoms with van der Waals surface area (Å²) in [6.45, 7) is 0. The maximum atomic E-state index is 14.5. The van der Waals surface area contributed by atoms with Crippen molar-refractivity contribution in [1.82, 2.24) is 0 Å². The van der Waals surface area contributed by atoms with Crippen molar-refractivity contribution < 1.29 is 9.13 Å². The van der Waals surface area contributed by atoms with E-state index in [4.69, 9.17) is 21.4 Å². The molecule has 0 N–H and O–H groups in total. The van der Waals surface area contributed by atoms with Crippen molar-refractivity contribution in [3.05, 3.63) is 94.8 Å². The topological polar surface area (TPSA) is 24.8 Å². The molecule has 136 valence electrons. The monoisotopic (exact) mass is 380 g/mol. The lowest BCUT2D eigenvalue weighted by Gasteiger charge is -2.25. The van der Waals surface area contributed by atoms with Gasteiger partial charge in [0.05, 0.1) is 29.6 Å². The first kappa shape index (κ1) is 17.6. The second kappa shape index (κ2) is 7.41. The van der Waals surface area contributed by atoms with Crippen molar-refractivity contribution in [2.45, 2.75) is 12.5 Å². The highest BCUT2D eigenvalue weighted by atomic mass is 35.5. The summed E-state index contributed by atoms with van der Waals surface area (Å²) < 4.78 is 19.8. The second-order valence-corrected chi connectivity index (χ2v) is 6.72. The van der Waals surface area contributed by atoms with Crippen LogP contribution in [0.5, 0.6) is 5.75 Å². The van der Waals surface area contributed by atoms with Crippen LogP contribution < -0.4 is 9.75 Å². The van der Waals surface area contributed by atoms with Gasteiger partial charge in [-0.05, 0) is 48.0 Å². The average molecular weight is 381 g/mol. The van der Waals surface area contributed by atoms with E-state index in [1.54, 1.807) is 19.2 Å². The summed E-state index contributed by atoms with van der Waals surface area (Å²) in [4.78, 5) is 0. The molecule has 0 radical (unpaired) electrons. The predicted octanol–water partition coefficient (Wildman–Crippen LogP) is 5.84. The Morgan fingerprint density at radius 2 is 1.70 bits per heavy atom. The number of benzene rings is 3. The summed E-state index contributed by atoms with van der Waals surface area (Å²) in [5.74, 6) is 0.539. The standard InChI is InChI=1S/C22H18ClFN2O/c1-27-16-12-10-15(11-13-16)20-14-22(17-6-2-4-8-19(17)24)26(25-20)21-9-5-3-7-18(21)23/h2-13,22H,14H2,1H3/t22-/m1/s1. The molecule has 27 heavy (non-hydrogen) atoms. The van der Waals surface area contributed by atoms with Gasteiger partial charge in [0.2, 0.25) is 0 Å². The third kappa shape index (κ3) is 3.40. The Bertz CT molecular complexity index is 988. The van der Waals surface area contributed by atoms with Crippen LogP contribution in [0.4, 0.5) is 10.1 Å². The number of rotatable bonds is 4. The summed E-state index contributed by atoms with van der Waals surface area (Å²) in [5, 5.41) is 7.20. The number of methoxy groups -OCH3 is 1. The van der Waals surface area contributed by atoms with Crippen LogP contribution in [0, 0.1) is 5.82 Å². The quantitative estimate of drug-likeness (QED) is 0.567. The molecule has 0 aromatic heterocycles. The van der Waals surface area contributed by atoms with E-state index in [1.807, 2.05) is 59.6 Å². The van der Waals surface area contributed by atoms with Gasteiger partial charge in [-0.3, -0.25) is 5.01 Å². The maximum Gasteiger partial charge on any atom is 0.128 e. The highest BCUT2D eigenvalue weighted by molar-refractivity contribution is 6.33. The SMILES string of the molecule is COc1ccc(C2=NN(c3ccccc3Cl)[C@@H](c3ccccc3F)C2)cc1. The average Bonchev–Trinajstić information content (AvgIpc) is 3.13. The highest BCUT2D eigenvalue weighted by Crippen LogP contribution is 2.40. The normalized spacial score (nSPS) is 16.3. The zero-order valence-electron chi connectivity index (χ0n) is 14.8. The van der Waals surface area contributed by atoms with Gasteiger partial charge in [-0.25, -0.2) is 4.39 Å². The number of para-hydroxylation sites is 1. The lowest BCUT2D eigenvalue weighted by Crippen LogP contribution is -2.19. The fourth-order valence-electron chi connectivity index (χ4n) is 3.32. The minimum absolute atomic E-state index is 0.245. The predicted molar refractivity (Wildman–Crippen MR) is 107 cm³/mol. The van der Waals surface area contributed by atoms with E-state index in [-0.39, 0.29) is 11.9 Å². The molecule has 3 aromatic rings. The Labute approximate surface area is 162 Å². The maximum absolute atomic E-state index is 14.5. The minimum Gasteiger partial charge on any atom is -0.497 e. The molecule has 0 fully saturated rings. The Hall–Kier alpha value is -2.85. The fourth-order valence-corrected chi connectivity index (χ4v) is 3.54. The molecular weight excluding hydrogens is 363 g/mol. The van der Waals surface area contributed by atoms with Crippen molar-refractivity contribution in [3.63, 3.8) is 0 Å².